The van der Waals surface area contributed by atoms with Gasteiger partial charge in [-0.05, 0) is 31.2 Å². The molecule has 0 saturated carbocycles. The van der Waals surface area contributed by atoms with Crippen LogP contribution in [0.5, 0.6) is 0 Å². The summed E-state index contributed by atoms with van der Waals surface area (Å²) in [5.41, 5.74) is 0.757. The second-order valence-corrected chi connectivity index (χ2v) is 4.96. The van der Waals surface area contributed by atoms with Crippen LogP contribution in [0.15, 0.2) is 56.3 Å². The Morgan fingerprint density at radius 1 is 1.21 bits per heavy atom. The van der Waals surface area contributed by atoms with Gasteiger partial charge in [0.25, 0.3) is 5.89 Å². The number of benzene rings is 1. The van der Waals surface area contributed by atoms with E-state index < -0.39 is 11.7 Å². The highest BCUT2D eigenvalue weighted by Crippen LogP contribution is 2.16. The summed E-state index contributed by atoms with van der Waals surface area (Å²) in [6, 6.07) is 9.81. The number of carbonyl (C=O) groups is 2. The van der Waals surface area contributed by atoms with Crippen LogP contribution in [0.2, 0.25) is 0 Å². The SMILES string of the molecule is CC(=O)c1ccccc1NC(=O)Cn1nc(-c2ccco2)oc1=O. The first-order chi connectivity index (χ1) is 11.5. The molecular formula is C16H13N3O5. The van der Waals surface area contributed by atoms with Gasteiger partial charge in [-0.25, -0.2) is 4.79 Å². The zero-order valence-electron chi connectivity index (χ0n) is 12.7. The van der Waals surface area contributed by atoms with Crippen LogP contribution in [0.4, 0.5) is 5.69 Å². The van der Waals surface area contributed by atoms with Crippen LogP contribution >= 0.6 is 0 Å². The van der Waals surface area contributed by atoms with E-state index in [1.807, 2.05) is 0 Å². The molecule has 1 aromatic carbocycles. The van der Waals surface area contributed by atoms with Gasteiger partial charge in [0.1, 0.15) is 6.54 Å². The lowest BCUT2D eigenvalue weighted by Gasteiger charge is -2.08. The van der Waals surface area contributed by atoms with Crippen LogP contribution in [0.25, 0.3) is 11.7 Å². The van der Waals surface area contributed by atoms with E-state index in [-0.39, 0.29) is 24.0 Å². The summed E-state index contributed by atoms with van der Waals surface area (Å²) >= 11 is 0. The van der Waals surface area contributed by atoms with Gasteiger partial charge >= 0.3 is 5.76 Å². The van der Waals surface area contributed by atoms with Crippen molar-refractivity contribution in [3.05, 3.63) is 58.8 Å². The van der Waals surface area contributed by atoms with Gasteiger partial charge in [0.2, 0.25) is 5.91 Å². The van der Waals surface area contributed by atoms with Crippen molar-refractivity contribution < 1.29 is 18.4 Å². The van der Waals surface area contributed by atoms with Crippen LogP contribution in [-0.2, 0) is 11.3 Å². The normalized spacial score (nSPS) is 10.5. The van der Waals surface area contributed by atoms with Gasteiger partial charge in [0.05, 0.1) is 12.0 Å². The fourth-order valence-corrected chi connectivity index (χ4v) is 2.13. The number of nitrogens with zero attached hydrogens (tertiary/aromatic N) is 2. The molecule has 1 N–H and O–H groups in total. The number of furan rings is 1. The fourth-order valence-electron chi connectivity index (χ4n) is 2.13. The number of ketones is 1. The third-order valence-corrected chi connectivity index (χ3v) is 3.21. The van der Waals surface area contributed by atoms with Crippen molar-refractivity contribution in [2.75, 3.05) is 5.32 Å². The Hall–Kier alpha value is -3.42. The zero-order chi connectivity index (χ0) is 17.1. The number of para-hydroxylation sites is 1. The number of hydrogen-bond donors (Lipinski definition) is 1. The number of amides is 1. The molecule has 2 heterocycles. The molecule has 0 atom stereocenters. The van der Waals surface area contributed by atoms with E-state index in [0.717, 1.165) is 4.68 Å². The van der Waals surface area contributed by atoms with Gasteiger partial charge in [-0.3, -0.25) is 9.59 Å². The van der Waals surface area contributed by atoms with Crippen molar-refractivity contribution in [3.8, 4) is 11.7 Å². The maximum absolute atomic E-state index is 12.1. The third kappa shape index (κ3) is 3.17. The van der Waals surface area contributed by atoms with Crippen molar-refractivity contribution in [3.63, 3.8) is 0 Å². The molecule has 0 aliphatic heterocycles. The van der Waals surface area contributed by atoms with E-state index in [1.54, 1.807) is 36.4 Å². The Balaban J connectivity index is 1.77. The smallest absolute Gasteiger partial charge is 0.437 e. The van der Waals surface area contributed by atoms with Gasteiger partial charge in [-0.2, -0.15) is 4.68 Å². The number of hydrogen-bond acceptors (Lipinski definition) is 6. The maximum Gasteiger partial charge on any atom is 0.437 e. The van der Waals surface area contributed by atoms with Crippen LogP contribution < -0.4 is 11.1 Å². The van der Waals surface area contributed by atoms with E-state index in [0.29, 0.717) is 11.3 Å². The van der Waals surface area contributed by atoms with E-state index >= 15 is 0 Å². The molecule has 24 heavy (non-hydrogen) atoms. The Bertz CT molecular complexity index is 937. The molecule has 2 aromatic heterocycles. The quantitative estimate of drug-likeness (QED) is 0.718. The van der Waals surface area contributed by atoms with Crippen molar-refractivity contribution in [2.45, 2.75) is 13.5 Å². The standard InChI is InChI=1S/C16H13N3O5/c1-10(20)11-5-2-3-6-12(11)17-14(21)9-19-16(22)24-15(18-19)13-7-4-8-23-13/h2-8H,9H2,1H3,(H,17,21). The first-order valence-corrected chi connectivity index (χ1v) is 7.06. The molecule has 1 amide bonds. The fraction of sp³-hybridized carbons (Fsp3) is 0.125. The molecule has 3 rings (SSSR count). The molecule has 0 bridgehead atoms. The minimum atomic E-state index is -0.781. The largest absolute Gasteiger partial charge is 0.459 e. The number of aromatic nitrogens is 2. The highest BCUT2D eigenvalue weighted by Gasteiger charge is 2.16. The van der Waals surface area contributed by atoms with Crippen molar-refractivity contribution >= 4 is 17.4 Å². The lowest BCUT2D eigenvalue weighted by atomic mass is 10.1. The predicted octanol–water partition coefficient (Wildman–Crippen LogP) is 1.94. The summed E-state index contributed by atoms with van der Waals surface area (Å²) in [5, 5.41) is 6.49. The summed E-state index contributed by atoms with van der Waals surface area (Å²) < 4.78 is 10.9. The molecule has 0 aliphatic carbocycles. The zero-order valence-corrected chi connectivity index (χ0v) is 12.7. The number of rotatable bonds is 5. The van der Waals surface area contributed by atoms with E-state index in [9.17, 15) is 14.4 Å². The van der Waals surface area contributed by atoms with Crippen LogP contribution in [0, 0.1) is 0 Å². The molecule has 8 heteroatoms. The number of carbonyl (C=O) groups excluding carboxylic acids is 2. The summed E-state index contributed by atoms with van der Waals surface area (Å²) in [7, 11) is 0. The van der Waals surface area contributed by atoms with Crippen LogP contribution in [0.1, 0.15) is 17.3 Å². The third-order valence-electron chi connectivity index (χ3n) is 3.21. The molecule has 0 spiro atoms. The van der Waals surface area contributed by atoms with Gasteiger partial charge < -0.3 is 14.2 Å². The molecule has 122 valence electrons. The van der Waals surface area contributed by atoms with Crippen molar-refractivity contribution in [2.24, 2.45) is 0 Å². The van der Waals surface area contributed by atoms with Crippen molar-refractivity contribution in [1.82, 2.24) is 9.78 Å². The summed E-state index contributed by atoms with van der Waals surface area (Å²) in [6.07, 6.45) is 1.42. The van der Waals surface area contributed by atoms with Gasteiger partial charge in [0, 0.05) is 5.56 Å². The second-order valence-electron chi connectivity index (χ2n) is 4.96. The summed E-state index contributed by atoms with van der Waals surface area (Å²) in [6.45, 7) is 1.05. The predicted molar refractivity (Wildman–Crippen MR) is 83.5 cm³/mol. The topological polar surface area (TPSA) is 107 Å². The Morgan fingerprint density at radius 2 is 2.00 bits per heavy atom. The van der Waals surface area contributed by atoms with E-state index in [2.05, 4.69) is 10.4 Å². The molecule has 0 unspecified atom stereocenters. The van der Waals surface area contributed by atoms with Crippen LogP contribution in [-0.4, -0.2) is 21.5 Å². The highest BCUT2D eigenvalue weighted by molar-refractivity contribution is 6.03. The Kier molecular flexibility index (Phi) is 4.11. The number of anilines is 1. The maximum atomic E-state index is 12.1. The average molecular weight is 327 g/mol. The van der Waals surface area contributed by atoms with Crippen molar-refractivity contribution in [1.29, 1.82) is 0 Å². The molecule has 0 aliphatic rings. The Morgan fingerprint density at radius 3 is 2.71 bits per heavy atom. The Labute approximate surface area is 135 Å². The molecule has 0 radical (unpaired) electrons. The lowest BCUT2D eigenvalue weighted by Crippen LogP contribution is -2.26. The first-order valence-electron chi connectivity index (χ1n) is 7.06. The molecule has 0 fully saturated rings. The molecular weight excluding hydrogens is 314 g/mol. The summed E-state index contributed by atoms with van der Waals surface area (Å²) in [5.74, 6) is -1.19. The number of Topliss-reactive ketones (excluding diaryl/α,β-unsaturated/α-hetero) is 1. The molecule has 0 saturated heterocycles. The average Bonchev–Trinajstić information content (AvgIpc) is 3.18. The highest BCUT2D eigenvalue weighted by atomic mass is 16.4. The van der Waals surface area contributed by atoms with Crippen LogP contribution in [0.3, 0.4) is 0 Å². The van der Waals surface area contributed by atoms with Gasteiger partial charge in [-0.1, -0.05) is 12.1 Å². The second kappa shape index (κ2) is 6.37. The van der Waals surface area contributed by atoms with Gasteiger partial charge in [-0.15, -0.1) is 5.10 Å². The molecule has 3 aromatic rings. The van der Waals surface area contributed by atoms with E-state index in [1.165, 1.54) is 13.2 Å². The molecule has 8 nitrogen and oxygen atoms in total. The van der Waals surface area contributed by atoms with E-state index in [4.69, 9.17) is 8.83 Å². The first kappa shape index (κ1) is 15.5. The minimum absolute atomic E-state index is 0.0121. The minimum Gasteiger partial charge on any atom is -0.459 e. The monoisotopic (exact) mass is 327 g/mol. The summed E-state index contributed by atoms with van der Waals surface area (Å²) in [4.78, 5) is 35.4. The number of nitrogens with one attached hydrogen (secondary N) is 1. The van der Waals surface area contributed by atoms with Gasteiger partial charge in [0.15, 0.2) is 11.5 Å². The lowest BCUT2D eigenvalue weighted by molar-refractivity contribution is -0.117.